The van der Waals surface area contributed by atoms with Gasteiger partial charge in [-0.05, 0) is 40.2 Å². The first-order chi connectivity index (χ1) is 8.15. The number of nitrogens with one attached hydrogen (secondary N) is 1. The number of anilines is 1. The summed E-state index contributed by atoms with van der Waals surface area (Å²) in [5, 5.41) is 14.1. The Kier molecular flexibility index (Phi) is 3.81. The molecule has 0 saturated carbocycles. The summed E-state index contributed by atoms with van der Waals surface area (Å²) in [4.78, 5) is 12.0. The minimum Gasteiger partial charge on any atom is -0.478 e. The molecule has 5 heteroatoms. The molecular formula is C12H10BrNO2S. The van der Waals surface area contributed by atoms with E-state index in [0.717, 1.165) is 10.2 Å². The second-order valence-corrected chi connectivity index (χ2v) is 5.38. The average molecular weight is 312 g/mol. The van der Waals surface area contributed by atoms with E-state index < -0.39 is 5.97 Å². The summed E-state index contributed by atoms with van der Waals surface area (Å²) in [6.07, 6.45) is 0. The van der Waals surface area contributed by atoms with E-state index in [4.69, 9.17) is 5.11 Å². The van der Waals surface area contributed by atoms with Gasteiger partial charge in [0.25, 0.3) is 0 Å². The molecule has 17 heavy (non-hydrogen) atoms. The molecule has 3 nitrogen and oxygen atoms in total. The third-order valence-corrected chi connectivity index (χ3v) is 3.90. The smallest absolute Gasteiger partial charge is 0.335 e. The second kappa shape index (κ2) is 5.33. The van der Waals surface area contributed by atoms with Crippen molar-refractivity contribution >= 4 is 38.9 Å². The van der Waals surface area contributed by atoms with Crippen molar-refractivity contribution in [1.29, 1.82) is 0 Å². The van der Waals surface area contributed by atoms with E-state index in [1.165, 1.54) is 4.88 Å². The van der Waals surface area contributed by atoms with E-state index in [0.29, 0.717) is 12.1 Å². The van der Waals surface area contributed by atoms with E-state index in [1.807, 2.05) is 17.5 Å². The molecule has 0 amide bonds. The molecule has 2 aromatic rings. The summed E-state index contributed by atoms with van der Waals surface area (Å²) >= 11 is 5.05. The van der Waals surface area contributed by atoms with Crippen LogP contribution in [0.2, 0.25) is 0 Å². The molecule has 0 aliphatic carbocycles. The first-order valence-corrected chi connectivity index (χ1v) is 6.62. The highest BCUT2D eigenvalue weighted by molar-refractivity contribution is 9.10. The van der Waals surface area contributed by atoms with Gasteiger partial charge in [0.1, 0.15) is 0 Å². The van der Waals surface area contributed by atoms with E-state index in [2.05, 4.69) is 21.2 Å². The topological polar surface area (TPSA) is 49.3 Å². The maximum atomic E-state index is 10.8. The maximum absolute atomic E-state index is 10.8. The van der Waals surface area contributed by atoms with Crippen LogP contribution >= 0.6 is 27.3 Å². The summed E-state index contributed by atoms with van der Waals surface area (Å²) in [6.45, 7) is 0.694. The van der Waals surface area contributed by atoms with Gasteiger partial charge in [-0.25, -0.2) is 4.79 Å². The van der Waals surface area contributed by atoms with Crippen molar-refractivity contribution in [1.82, 2.24) is 0 Å². The van der Waals surface area contributed by atoms with Gasteiger partial charge in [0.15, 0.2) is 0 Å². The van der Waals surface area contributed by atoms with Crippen LogP contribution in [0.25, 0.3) is 0 Å². The van der Waals surface area contributed by atoms with Crippen LogP contribution in [0.5, 0.6) is 0 Å². The normalized spacial score (nSPS) is 10.2. The molecule has 88 valence electrons. The molecule has 0 unspecified atom stereocenters. The molecule has 0 radical (unpaired) electrons. The number of thiophene rings is 1. The SMILES string of the molecule is O=C(O)c1cccc(NCc2cc(Br)cs2)c1. The first kappa shape index (κ1) is 12.1. The molecule has 2 N–H and O–H groups in total. The molecule has 0 bridgehead atoms. The summed E-state index contributed by atoms with van der Waals surface area (Å²) in [5.41, 5.74) is 1.11. The Labute approximate surface area is 111 Å². The Balaban J connectivity index is 2.04. The van der Waals surface area contributed by atoms with Crippen molar-refractivity contribution in [3.8, 4) is 0 Å². The minimum atomic E-state index is -0.910. The van der Waals surface area contributed by atoms with Gasteiger partial charge < -0.3 is 10.4 Å². The molecular weight excluding hydrogens is 302 g/mol. The van der Waals surface area contributed by atoms with Gasteiger partial charge in [-0.3, -0.25) is 0 Å². The lowest BCUT2D eigenvalue weighted by Crippen LogP contribution is -2.00. The molecule has 0 spiro atoms. The number of hydrogen-bond donors (Lipinski definition) is 2. The number of hydrogen-bond acceptors (Lipinski definition) is 3. The number of carboxylic acids is 1. The van der Waals surface area contributed by atoms with Crippen LogP contribution in [0.4, 0.5) is 5.69 Å². The van der Waals surface area contributed by atoms with Gasteiger partial charge >= 0.3 is 5.97 Å². The zero-order valence-corrected chi connectivity index (χ0v) is 11.2. The number of benzene rings is 1. The van der Waals surface area contributed by atoms with Gasteiger partial charge in [0, 0.05) is 27.0 Å². The van der Waals surface area contributed by atoms with Crippen LogP contribution in [0.3, 0.4) is 0 Å². The predicted molar refractivity (Wildman–Crippen MR) is 72.7 cm³/mol. The molecule has 0 fully saturated rings. The van der Waals surface area contributed by atoms with Crippen molar-refractivity contribution in [3.05, 3.63) is 50.6 Å². The fraction of sp³-hybridized carbons (Fsp3) is 0.0833. The lowest BCUT2D eigenvalue weighted by molar-refractivity contribution is 0.0697. The summed E-state index contributed by atoms with van der Waals surface area (Å²) < 4.78 is 1.07. The average Bonchev–Trinajstić information content (AvgIpc) is 2.73. The number of carboxylic acid groups (broad SMARTS) is 1. The highest BCUT2D eigenvalue weighted by Crippen LogP contribution is 2.21. The minimum absolute atomic E-state index is 0.294. The first-order valence-electron chi connectivity index (χ1n) is 4.95. The molecule has 0 saturated heterocycles. The van der Waals surface area contributed by atoms with Crippen molar-refractivity contribution in [2.24, 2.45) is 0 Å². The van der Waals surface area contributed by atoms with Crippen molar-refractivity contribution in [2.75, 3.05) is 5.32 Å². The van der Waals surface area contributed by atoms with Crippen LogP contribution in [0.15, 0.2) is 40.2 Å². The van der Waals surface area contributed by atoms with Crippen molar-refractivity contribution in [3.63, 3.8) is 0 Å². The lowest BCUT2D eigenvalue weighted by atomic mass is 10.2. The van der Waals surface area contributed by atoms with Crippen LogP contribution in [0, 0.1) is 0 Å². The Bertz CT molecular complexity index is 539. The van der Waals surface area contributed by atoms with Crippen LogP contribution in [0.1, 0.15) is 15.2 Å². The van der Waals surface area contributed by atoms with Crippen LogP contribution < -0.4 is 5.32 Å². The maximum Gasteiger partial charge on any atom is 0.335 e. The fourth-order valence-electron chi connectivity index (χ4n) is 1.40. The Morgan fingerprint density at radius 3 is 2.88 bits per heavy atom. The molecule has 1 aromatic heterocycles. The summed E-state index contributed by atoms with van der Waals surface area (Å²) in [6, 6.07) is 8.84. The Hall–Kier alpha value is -1.33. The van der Waals surface area contributed by atoms with Crippen molar-refractivity contribution in [2.45, 2.75) is 6.54 Å². The monoisotopic (exact) mass is 311 g/mol. The van der Waals surface area contributed by atoms with Crippen LogP contribution in [-0.2, 0) is 6.54 Å². The van der Waals surface area contributed by atoms with Gasteiger partial charge in [0.05, 0.1) is 5.56 Å². The van der Waals surface area contributed by atoms with Gasteiger partial charge in [-0.15, -0.1) is 11.3 Å². The molecule has 1 aromatic carbocycles. The van der Waals surface area contributed by atoms with Gasteiger partial charge in [-0.1, -0.05) is 6.07 Å². The largest absolute Gasteiger partial charge is 0.478 e. The van der Waals surface area contributed by atoms with Crippen molar-refractivity contribution < 1.29 is 9.90 Å². The fourth-order valence-corrected chi connectivity index (χ4v) is 2.79. The molecule has 0 atom stereocenters. The summed E-state index contributed by atoms with van der Waals surface area (Å²) in [7, 11) is 0. The molecule has 1 heterocycles. The standard InChI is InChI=1S/C12H10BrNO2S/c13-9-5-11(17-7-9)6-14-10-3-1-2-8(4-10)12(15)16/h1-5,7,14H,6H2,(H,15,16). The highest BCUT2D eigenvalue weighted by atomic mass is 79.9. The van der Waals surface area contributed by atoms with Crippen LogP contribution in [-0.4, -0.2) is 11.1 Å². The zero-order chi connectivity index (χ0) is 12.3. The number of halogens is 1. The second-order valence-electron chi connectivity index (χ2n) is 3.47. The molecule has 0 aliphatic heterocycles. The van der Waals surface area contributed by atoms with E-state index in [9.17, 15) is 4.79 Å². The number of carbonyl (C=O) groups is 1. The highest BCUT2D eigenvalue weighted by Gasteiger charge is 2.03. The molecule has 2 rings (SSSR count). The Morgan fingerprint density at radius 2 is 2.24 bits per heavy atom. The number of aromatic carboxylic acids is 1. The zero-order valence-electron chi connectivity index (χ0n) is 8.81. The lowest BCUT2D eigenvalue weighted by Gasteiger charge is -2.05. The van der Waals surface area contributed by atoms with Gasteiger partial charge in [-0.2, -0.15) is 0 Å². The predicted octanol–water partition coefficient (Wildman–Crippen LogP) is 3.82. The molecule has 0 aliphatic rings. The summed E-state index contributed by atoms with van der Waals surface area (Å²) in [5.74, 6) is -0.910. The van der Waals surface area contributed by atoms with Gasteiger partial charge in [0.2, 0.25) is 0 Å². The number of rotatable bonds is 4. The van der Waals surface area contributed by atoms with E-state index in [-0.39, 0.29) is 0 Å². The Morgan fingerprint density at radius 1 is 1.41 bits per heavy atom. The van der Waals surface area contributed by atoms with E-state index in [1.54, 1.807) is 29.5 Å². The van der Waals surface area contributed by atoms with E-state index >= 15 is 0 Å². The quantitative estimate of drug-likeness (QED) is 0.902. The third kappa shape index (κ3) is 3.31. The third-order valence-electron chi connectivity index (χ3n) is 2.20.